The molecule has 0 fully saturated rings. The molecule has 2 nitrogen and oxygen atoms in total. The van der Waals surface area contributed by atoms with Crippen molar-refractivity contribution < 1.29 is 0 Å². The summed E-state index contributed by atoms with van der Waals surface area (Å²) in [5.74, 6) is 0.0949. The van der Waals surface area contributed by atoms with Crippen LogP contribution in [0, 0.1) is 17.2 Å². The van der Waals surface area contributed by atoms with E-state index in [0.717, 1.165) is 0 Å². The predicted octanol–water partition coefficient (Wildman–Crippen LogP) is 2.64. The molecule has 0 spiro atoms. The van der Waals surface area contributed by atoms with Crippen LogP contribution in [0.4, 0.5) is 0 Å². The third kappa shape index (κ3) is 1.74. The van der Waals surface area contributed by atoms with Gasteiger partial charge in [0.2, 0.25) is 0 Å². The Bertz CT molecular complexity index is 273. The molecule has 0 aromatic heterocycles. The van der Waals surface area contributed by atoms with E-state index in [9.17, 15) is 0 Å². The lowest BCUT2D eigenvalue weighted by Crippen LogP contribution is -2.08. The molecule has 1 rings (SSSR count). The van der Waals surface area contributed by atoms with Crippen LogP contribution < -0.4 is 0 Å². The lowest BCUT2D eigenvalue weighted by Gasteiger charge is -2.13. The Morgan fingerprint density at radius 1 is 1.64 bits per heavy atom. The summed E-state index contributed by atoms with van der Waals surface area (Å²) in [6.07, 6.45) is 0.612. The molecule has 1 aliphatic rings. The van der Waals surface area contributed by atoms with Gasteiger partial charge in [-0.25, -0.2) is 4.99 Å². The van der Waals surface area contributed by atoms with Crippen LogP contribution in [0.2, 0.25) is 0 Å². The minimum absolute atomic E-state index is 0.0949. The van der Waals surface area contributed by atoms with Crippen molar-refractivity contribution in [1.29, 1.82) is 5.26 Å². The number of nitrogens with zero attached hydrogens (tertiary/aromatic N) is 2. The van der Waals surface area contributed by atoms with Crippen molar-refractivity contribution in [2.24, 2.45) is 10.9 Å². The highest BCUT2D eigenvalue weighted by Crippen LogP contribution is 2.27. The van der Waals surface area contributed by atoms with Crippen molar-refractivity contribution in [2.45, 2.75) is 13.3 Å². The van der Waals surface area contributed by atoms with Gasteiger partial charge in [-0.3, -0.25) is 0 Å². The lowest BCUT2D eigenvalue weighted by molar-refractivity contribution is 0.726. The van der Waals surface area contributed by atoms with Gasteiger partial charge >= 0.3 is 0 Å². The van der Waals surface area contributed by atoms with Gasteiger partial charge in [0, 0.05) is 12.3 Å². The monoisotopic (exact) mass is 188 g/mol. The summed E-state index contributed by atoms with van der Waals surface area (Å²) >= 11 is 11.3. The maximum absolute atomic E-state index is 8.61. The van der Waals surface area contributed by atoms with Crippen LogP contribution in [0.5, 0.6) is 0 Å². The summed E-state index contributed by atoms with van der Waals surface area (Å²) < 4.78 is 0. The molecule has 1 unspecified atom stereocenters. The summed E-state index contributed by atoms with van der Waals surface area (Å²) in [5, 5.41) is 9.32. The first-order valence-electron chi connectivity index (χ1n) is 3.18. The van der Waals surface area contributed by atoms with Crippen molar-refractivity contribution in [3.05, 3.63) is 10.7 Å². The third-order valence-electron chi connectivity index (χ3n) is 1.53. The van der Waals surface area contributed by atoms with E-state index >= 15 is 0 Å². The Morgan fingerprint density at radius 2 is 2.27 bits per heavy atom. The minimum atomic E-state index is 0.0949. The molecule has 1 atom stereocenters. The van der Waals surface area contributed by atoms with E-state index in [0.29, 0.717) is 17.2 Å². The van der Waals surface area contributed by atoms with Crippen molar-refractivity contribution in [3.8, 4) is 6.07 Å². The normalized spacial score (nSPS) is 24.5. The van der Waals surface area contributed by atoms with E-state index < -0.39 is 0 Å². The smallest absolute Gasteiger partial charge is 0.144 e. The topological polar surface area (TPSA) is 36.1 Å². The predicted molar refractivity (Wildman–Crippen MR) is 45.6 cm³/mol. The molecule has 1 aliphatic heterocycles. The average Bonchev–Trinajstić information content (AvgIpc) is 1.85. The second-order valence-electron chi connectivity index (χ2n) is 2.41. The van der Waals surface area contributed by atoms with E-state index in [1.54, 1.807) is 0 Å². The van der Waals surface area contributed by atoms with Crippen LogP contribution in [0.1, 0.15) is 13.3 Å². The zero-order valence-corrected chi connectivity index (χ0v) is 7.45. The molecule has 0 N–H and O–H groups in total. The van der Waals surface area contributed by atoms with Gasteiger partial charge < -0.3 is 0 Å². The van der Waals surface area contributed by atoms with Crippen LogP contribution in [-0.2, 0) is 0 Å². The molecule has 0 amide bonds. The summed E-state index contributed by atoms with van der Waals surface area (Å²) in [5.41, 5.74) is 0.524. The number of nitriles is 1. The highest BCUT2D eigenvalue weighted by molar-refractivity contribution is 6.66. The Morgan fingerprint density at radius 3 is 2.73 bits per heavy atom. The summed E-state index contributed by atoms with van der Waals surface area (Å²) in [6, 6.07) is 2.01. The maximum Gasteiger partial charge on any atom is 0.144 e. The van der Waals surface area contributed by atoms with E-state index in [1.807, 2.05) is 13.0 Å². The van der Waals surface area contributed by atoms with Crippen molar-refractivity contribution in [1.82, 2.24) is 0 Å². The van der Waals surface area contributed by atoms with E-state index in [2.05, 4.69) is 4.99 Å². The average molecular weight is 189 g/mol. The van der Waals surface area contributed by atoms with E-state index in [1.165, 1.54) is 0 Å². The second-order valence-corrected chi connectivity index (χ2v) is 3.20. The van der Waals surface area contributed by atoms with Crippen LogP contribution >= 0.6 is 23.2 Å². The Balaban J connectivity index is 3.04. The zero-order chi connectivity index (χ0) is 8.43. The summed E-state index contributed by atoms with van der Waals surface area (Å²) in [6.45, 7) is 1.90. The number of hydrogen-bond donors (Lipinski definition) is 0. The molecule has 11 heavy (non-hydrogen) atoms. The van der Waals surface area contributed by atoms with Gasteiger partial charge in [0.25, 0.3) is 0 Å². The number of allylic oxidation sites excluding steroid dienone is 1. The molecule has 0 saturated heterocycles. The Kier molecular flexibility index (Phi) is 2.53. The number of halogens is 2. The van der Waals surface area contributed by atoms with Crippen LogP contribution in [-0.4, -0.2) is 5.17 Å². The highest BCUT2D eigenvalue weighted by atomic mass is 35.5. The highest BCUT2D eigenvalue weighted by Gasteiger charge is 2.19. The molecule has 0 radical (unpaired) electrons. The number of rotatable bonds is 0. The molecule has 58 valence electrons. The van der Waals surface area contributed by atoms with E-state index in [4.69, 9.17) is 28.5 Å². The fourth-order valence-corrected chi connectivity index (χ4v) is 1.62. The van der Waals surface area contributed by atoms with Gasteiger partial charge in [0.15, 0.2) is 0 Å². The minimum Gasteiger partial charge on any atom is -0.228 e. The molecule has 4 heteroatoms. The quantitative estimate of drug-likeness (QED) is 0.539. The van der Waals surface area contributed by atoms with Crippen LogP contribution in [0.25, 0.3) is 0 Å². The molecule has 0 bridgehead atoms. The maximum atomic E-state index is 8.61. The first-order valence-corrected chi connectivity index (χ1v) is 3.93. The molecule has 0 aliphatic carbocycles. The molecule has 1 heterocycles. The standard InChI is InChI=1S/C7H6Cl2N2/c1-4-2-6(8)11-7(9)5(4)3-10/h4H,2H2,1H3. The first kappa shape index (κ1) is 8.58. The summed E-state index contributed by atoms with van der Waals surface area (Å²) in [7, 11) is 0. The Hall–Kier alpha value is -0.520. The third-order valence-corrected chi connectivity index (χ3v) is 2.06. The van der Waals surface area contributed by atoms with Crippen LogP contribution in [0.3, 0.4) is 0 Å². The second kappa shape index (κ2) is 3.25. The van der Waals surface area contributed by atoms with E-state index in [-0.39, 0.29) is 11.1 Å². The zero-order valence-electron chi connectivity index (χ0n) is 5.93. The first-order chi connectivity index (χ1) is 5.15. The van der Waals surface area contributed by atoms with Crippen LogP contribution in [0.15, 0.2) is 15.7 Å². The molecule has 0 aromatic carbocycles. The summed E-state index contributed by atoms with van der Waals surface area (Å²) in [4.78, 5) is 3.79. The number of aliphatic imine (C=N–C) groups is 1. The number of hydrogen-bond acceptors (Lipinski definition) is 2. The molecule has 0 aromatic rings. The van der Waals surface area contributed by atoms with Gasteiger partial charge in [-0.1, -0.05) is 30.1 Å². The lowest BCUT2D eigenvalue weighted by atomic mass is 9.98. The molecule has 0 saturated carbocycles. The van der Waals surface area contributed by atoms with Gasteiger partial charge in [0.05, 0.1) is 11.6 Å². The fourth-order valence-electron chi connectivity index (χ4n) is 0.927. The Labute approximate surface area is 75.1 Å². The molecular formula is C7H6Cl2N2. The van der Waals surface area contributed by atoms with Crippen molar-refractivity contribution >= 4 is 28.4 Å². The SMILES string of the molecule is CC1CC(Cl)=NC(Cl)=C1C#N. The largest absolute Gasteiger partial charge is 0.228 e. The van der Waals surface area contributed by atoms with Gasteiger partial charge in [0.1, 0.15) is 10.3 Å². The van der Waals surface area contributed by atoms with Crippen molar-refractivity contribution in [3.63, 3.8) is 0 Å². The van der Waals surface area contributed by atoms with Gasteiger partial charge in [-0.05, 0) is 0 Å². The van der Waals surface area contributed by atoms with Crippen molar-refractivity contribution in [2.75, 3.05) is 0 Å². The van der Waals surface area contributed by atoms with Gasteiger partial charge in [-0.15, -0.1) is 0 Å². The molecular weight excluding hydrogens is 183 g/mol. The fraction of sp³-hybridized carbons (Fsp3) is 0.429. The van der Waals surface area contributed by atoms with Gasteiger partial charge in [-0.2, -0.15) is 5.26 Å².